The van der Waals surface area contributed by atoms with E-state index < -0.39 is 0 Å². The molecule has 0 bridgehead atoms. The number of ether oxygens (including phenoxy) is 2. The van der Waals surface area contributed by atoms with Crippen molar-refractivity contribution < 1.29 is 9.47 Å². The molecule has 0 spiro atoms. The summed E-state index contributed by atoms with van der Waals surface area (Å²) >= 11 is 1.98. The van der Waals surface area contributed by atoms with Crippen LogP contribution in [0, 0.1) is 0 Å². The summed E-state index contributed by atoms with van der Waals surface area (Å²) in [6.07, 6.45) is 1.19. The van der Waals surface area contributed by atoms with Gasteiger partial charge in [-0.3, -0.25) is 0 Å². The van der Waals surface area contributed by atoms with Crippen LogP contribution in [-0.4, -0.2) is 32.3 Å². The highest BCUT2D eigenvalue weighted by Crippen LogP contribution is 2.29. The third kappa shape index (κ3) is 5.33. The number of rotatable bonds is 9. The first-order chi connectivity index (χ1) is 9.22. The van der Waals surface area contributed by atoms with Crippen molar-refractivity contribution in [2.24, 2.45) is 0 Å². The summed E-state index contributed by atoms with van der Waals surface area (Å²) in [5.41, 5.74) is 1.14. The molecule has 0 saturated heterocycles. The van der Waals surface area contributed by atoms with Crippen molar-refractivity contribution in [1.82, 2.24) is 5.32 Å². The normalized spacial score (nSPS) is 12.2. The van der Waals surface area contributed by atoms with Gasteiger partial charge in [-0.05, 0) is 49.6 Å². The van der Waals surface area contributed by atoms with Gasteiger partial charge < -0.3 is 14.8 Å². The van der Waals surface area contributed by atoms with Crippen LogP contribution in [0.2, 0.25) is 0 Å². The number of nitrogens with one attached hydrogen (secondary N) is 1. The van der Waals surface area contributed by atoms with Gasteiger partial charge in [-0.1, -0.05) is 6.92 Å². The first-order valence-electron chi connectivity index (χ1n) is 6.76. The van der Waals surface area contributed by atoms with E-state index in [1.807, 2.05) is 30.0 Å². The van der Waals surface area contributed by atoms with Crippen LogP contribution >= 0.6 is 11.8 Å². The van der Waals surface area contributed by atoms with E-state index in [2.05, 4.69) is 19.2 Å². The summed E-state index contributed by atoms with van der Waals surface area (Å²) < 4.78 is 10.7. The Hall–Kier alpha value is -0.870. The molecular formula is C15H25NO2S. The lowest BCUT2D eigenvalue weighted by Crippen LogP contribution is -2.21. The van der Waals surface area contributed by atoms with Gasteiger partial charge in [0, 0.05) is 11.6 Å². The SMILES string of the molecule is CCSCCCNC(C)c1cc(OC)ccc1OC. The summed E-state index contributed by atoms with van der Waals surface area (Å²) in [4.78, 5) is 0. The fourth-order valence-corrected chi connectivity index (χ4v) is 2.56. The second kappa shape index (κ2) is 9.10. The molecule has 0 saturated carbocycles. The average Bonchev–Trinajstić information content (AvgIpc) is 2.46. The van der Waals surface area contributed by atoms with Gasteiger partial charge >= 0.3 is 0 Å². The molecule has 1 aromatic carbocycles. The maximum absolute atomic E-state index is 5.41. The van der Waals surface area contributed by atoms with Crippen LogP contribution in [0.25, 0.3) is 0 Å². The van der Waals surface area contributed by atoms with Crippen LogP contribution in [0.4, 0.5) is 0 Å². The van der Waals surface area contributed by atoms with Gasteiger partial charge in [0.05, 0.1) is 14.2 Å². The Morgan fingerprint density at radius 2 is 2.05 bits per heavy atom. The van der Waals surface area contributed by atoms with Crippen LogP contribution in [0.15, 0.2) is 18.2 Å². The van der Waals surface area contributed by atoms with Gasteiger partial charge in [0.2, 0.25) is 0 Å². The van der Waals surface area contributed by atoms with Crippen molar-refractivity contribution in [1.29, 1.82) is 0 Å². The van der Waals surface area contributed by atoms with E-state index in [1.54, 1.807) is 14.2 Å². The minimum atomic E-state index is 0.261. The minimum Gasteiger partial charge on any atom is -0.497 e. The Morgan fingerprint density at radius 3 is 2.68 bits per heavy atom. The first kappa shape index (κ1) is 16.2. The molecule has 19 heavy (non-hydrogen) atoms. The first-order valence-corrected chi connectivity index (χ1v) is 7.91. The molecule has 1 unspecified atom stereocenters. The van der Waals surface area contributed by atoms with E-state index in [1.165, 1.54) is 17.9 Å². The second-order valence-corrected chi connectivity index (χ2v) is 5.73. The highest BCUT2D eigenvalue weighted by atomic mass is 32.2. The van der Waals surface area contributed by atoms with Gasteiger partial charge in [0.25, 0.3) is 0 Å². The molecule has 0 aliphatic heterocycles. The van der Waals surface area contributed by atoms with Gasteiger partial charge in [-0.25, -0.2) is 0 Å². The van der Waals surface area contributed by atoms with Crippen molar-refractivity contribution in [3.05, 3.63) is 23.8 Å². The van der Waals surface area contributed by atoms with Crippen LogP contribution in [0.5, 0.6) is 11.5 Å². The Labute approximate surface area is 121 Å². The van der Waals surface area contributed by atoms with Crippen molar-refractivity contribution in [2.75, 3.05) is 32.3 Å². The van der Waals surface area contributed by atoms with E-state index >= 15 is 0 Å². The van der Waals surface area contributed by atoms with Crippen LogP contribution in [-0.2, 0) is 0 Å². The van der Waals surface area contributed by atoms with E-state index in [0.717, 1.165) is 23.6 Å². The maximum Gasteiger partial charge on any atom is 0.123 e. The number of hydrogen-bond acceptors (Lipinski definition) is 4. The fraction of sp³-hybridized carbons (Fsp3) is 0.600. The van der Waals surface area contributed by atoms with Crippen LogP contribution < -0.4 is 14.8 Å². The summed E-state index contributed by atoms with van der Waals surface area (Å²) in [6.45, 7) is 5.38. The number of thioether (sulfide) groups is 1. The zero-order chi connectivity index (χ0) is 14.1. The largest absolute Gasteiger partial charge is 0.497 e. The average molecular weight is 283 g/mol. The van der Waals surface area contributed by atoms with E-state index in [0.29, 0.717) is 0 Å². The Balaban J connectivity index is 2.56. The Morgan fingerprint density at radius 1 is 1.26 bits per heavy atom. The summed E-state index contributed by atoms with van der Waals surface area (Å²) in [5, 5.41) is 3.53. The Bertz CT molecular complexity index is 371. The second-order valence-electron chi connectivity index (χ2n) is 4.33. The topological polar surface area (TPSA) is 30.5 Å². The highest BCUT2D eigenvalue weighted by molar-refractivity contribution is 7.99. The van der Waals surface area contributed by atoms with Gasteiger partial charge in [0.1, 0.15) is 11.5 Å². The number of hydrogen-bond donors (Lipinski definition) is 1. The van der Waals surface area contributed by atoms with Crippen LogP contribution in [0.3, 0.4) is 0 Å². The standard InChI is InChI=1S/C15H25NO2S/c1-5-19-10-6-9-16-12(2)14-11-13(17-3)7-8-15(14)18-4/h7-8,11-12,16H,5-6,9-10H2,1-4H3. The van der Waals surface area contributed by atoms with Gasteiger partial charge in [-0.2, -0.15) is 11.8 Å². The minimum absolute atomic E-state index is 0.261. The third-order valence-electron chi connectivity index (χ3n) is 3.02. The molecule has 0 aromatic heterocycles. The van der Waals surface area contributed by atoms with Crippen molar-refractivity contribution in [3.63, 3.8) is 0 Å². The maximum atomic E-state index is 5.41. The summed E-state index contributed by atoms with van der Waals surface area (Å²) in [6, 6.07) is 6.18. The summed E-state index contributed by atoms with van der Waals surface area (Å²) in [5.74, 6) is 4.18. The molecule has 4 heteroatoms. The lowest BCUT2D eigenvalue weighted by molar-refractivity contribution is 0.392. The van der Waals surface area contributed by atoms with Crippen molar-refractivity contribution in [2.45, 2.75) is 26.3 Å². The molecule has 1 atom stereocenters. The molecule has 108 valence electrons. The molecule has 0 amide bonds. The smallest absolute Gasteiger partial charge is 0.123 e. The molecule has 0 aliphatic carbocycles. The molecule has 0 radical (unpaired) electrons. The summed E-state index contributed by atoms with van der Waals surface area (Å²) in [7, 11) is 3.39. The van der Waals surface area contributed by atoms with Crippen LogP contribution in [0.1, 0.15) is 31.9 Å². The highest BCUT2D eigenvalue weighted by Gasteiger charge is 2.11. The Kier molecular flexibility index (Phi) is 7.75. The molecule has 0 heterocycles. The molecule has 1 rings (SSSR count). The fourth-order valence-electron chi connectivity index (χ4n) is 1.92. The molecule has 3 nitrogen and oxygen atoms in total. The number of benzene rings is 1. The zero-order valence-electron chi connectivity index (χ0n) is 12.4. The van der Waals surface area contributed by atoms with Gasteiger partial charge in [-0.15, -0.1) is 0 Å². The molecule has 1 N–H and O–H groups in total. The predicted molar refractivity (Wildman–Crippen MR) is 83.6 cm³/mol. The predicted octanol–water partition coefficient (Wildman–Crippen LogP) is 3.50. The number of methoxy groups -OCH3 is 2. The van der Waals surface area contributed by atoms with Crippen molar-refractivity contribution in [3.8, 4) is 11.5 Å². The lowest BCUT2D eigenvalue weighted by atomic mass is 10.1. The van der Waals surface area contributed by atoms with E-state index in [4.69, 9.17) is 9.47 Å². The van der Waals surface area contributed by atoms with E-state index in [-0.39, 0.29) is 6.04 Å². The van der Waals surface area contributed by atoms with Gasteiger partial charge in [0.15, 0.2) is 0 Å². The quantitative estimate of drug-likeness (QED) is 0.703. The molecular weight excluding hydrogens is 258 g/mol. The molecule has 0 aliphatic rings. The van der Waals surface area contributed by atoms with Crippen molar-refractivity contribution >= 4 is 11.8 Å². The molecule has 1 aromatic rings. The lowest BCUT2D eigenvalue weighted by Gasteiger charge is -2.18. The molecule has 0 fully saturated rings. The monoisotopic (exact) mass is 283 g/mol. The zero-order valence-corrected chi connectivity index (χ0v) is 13.2. The third-order valence-corrected chi connectivity index (χ3v) is 4.01. The van der Waals surface area contributed by atoms with E-state index in [9.17, 15) is 0 Å².